The summed E-state index contributed by atoms with van der Waals surface area (Å²) in [5, 5.41) is 0. The molecule has 0 radical (unpaired) electrons. The maximum absolute atomic E-state index is 6.44. The van der Waals surface area contributed by atoms with Gasteiger partial charge in [-0.3, -0.25) is 0 Å². The highest BCUT2D eigenvalue weighted by Gasteiger charge is 2.40. The van der Waals surface area contributed by atoms with Gasteiger partial charge in [0.05, 0.1) is 0 Å². The Labute approximate surface area is 107 Å². The minimum Gasteiger partial charge on any atom is -0.324 e. The largest absolute Gasteiger partial charge is 0.324 e. The predicted octanol–water partition coefficient (Wildman–Crippen LogP) is 3.02. The van der Waals surface area contributed by atoms with Crippen molar-refractivity contribution in [3.8, 4) is 0 Å². The average molecular weight is 238 g/mol. The third-order valence-electron chi connectivity index (χ3n) is 5.49. The zero-order valence-electron chi connectivity index (χ0n) is 12.0. The van der Waals surface area contributed by atoms with E-state index in [0.29, 0.717) is 5.41 Å². The summed E-state index contributed by atoms with van der Waals surface area (Å²) >= 11 is 0. The van der Waals surface area contributed by atoms with E-state index in [0.717, 1.165) is 12.5 Å². The second-order valence-electron chi connectivity index (χ2n) is 6.76. The van der Waals surface area contributed by atoms with Crippen molar-refractivity contribution >= 4 is 0 Å². The molecule has 0 amide bonds. The molecule has 1 saturated carbocycles. The fourth-order valence-corrected chi connectivity index (χ4v) is 3.50. The van der Waals surface area contributed by atoms with Gasteiger partial charge in [-0.15, -0.1) is 0 Å². The van der Waals surface area contributed by atoms with Crippen molar-refractivity contribution in [3.63, 3.8) is 0 Å². The van der Waals surface area contributed by atoms with Crippen molar-refractivity contribution in [2.75, 3.05) is 19.6 Å². The summed E-state index contributed by atoms with van der Waals surface area (Å²) in [7, 11) is 0. The molecule has 0 aromatic heterocycles. The van der Waals surface area contributed by atoms with Gasteiger partial charge in [0.2, 0.25) is 0 Å². The monoisotopic (exact) mass is 238 g/mol. The van der Waals surface area contributed by atoms with Crippen molar-refractivity contribution in [1.82, 2.24) is 4.90 Å². The summed E-state index contributed by atoms with van der Waals surface area (Å²) in [6.45, 7) is 10.6. The Balaban J connectivity index is 1.82. The molecule has 2 rings (SSSR count). The van der Waals surface area contributed by atoms with Crippen LogP contribution in [0.25, 0.3) is 0 Å². The maximum Gasteiger partial charge on any atom is 0.0283 e. The topological polar surface area (TPSA) is 29.3 Å². The second-order valence-corrected chi connectivity index (χ2v) is 6.76. The maximum atomic E-state index is 6.44. The van der Waals surface area contributed by atoms with E-state index in [1.54, 1.807) is 0 Å². The van der Waals surface area contributed by atoms with E-state index in [1.807, 2.05) is 0 Å². The molecule has 1 atom stereocenters. The van der Waals surface area contributed by atoms with Gasteiger partial charge < -0.3 is 10.6 Å². The first-order valence-corrected chi connectivity index (χ1v) is 7.52. The molecule has 0 aromatic rings. The molecule has 1 aliphatic heterocycles. The van der Waals surface area contributed by atoms with Gasteiger partial charge in [0.15, 0.2) is 0 Å². The first kappa shape index (κ1) is 13.4. The summed E-state index contributed by atoms with van der Waals surface area (Å²) < 4.78 is 0. The number of hydrogen-bond acceptors (Lipinski definition) is 2. The van der Waals surface area contributed by atoms with Crippen molar-refractivity contribution < 1.29 is 0 Å². The fourth-order valence-electron chi connectivity index (χ4n) is 3.50. The summed E-state index contributed by atoms with van der Waals surface area (Å²) in [6, 6.07) is 0. The molecule has 2 N–H and O–H groups in total. The molecule has 0 spiro atoms. The fraction of sp³-hybridized carbons (Fsp3) is 1.00. The Hall–Kier alpha value is -0.0800. The first-order chi connectivity index (χ1) is 8.01. The average Bonchev–Trinajstić information content (AvgIpc) is 3.14. The molecule has 2 aliphatic rings. The number of rotatable bonds is 5. The zero-order valence-corrected chi connectivity index (χ0v) is 12.0. The Morgan fingerprint density at radius 1 is 1.18 bits per heavy atom. The molecule has 17 heavy (non-hydrogen) atoms. The van der Waals surface area contributed by atoms with Crippen molar-refractivity contribution in [1.29, 1.82) is 0 Å². The van der Waals surface area contributed by atoms with E-state index in [1.165, 1.54) is 51.6 Å². The summed E-state index contributed by atoms with van der Waals surface area (Å²) in [5.41, 5.74) is 7.15. The first-order valence-electron chi connectivity index (χ1n) is 7.52. The van der Waals surface area contributed by atoms with Crippen LogP contribution in [0.5, 0.6) is 0 Å². The van der Waals surface area contributed by atoms with Crippen molar-refractivity contribution in [2.24, 2.45) is 17.1 Å². The molecule has 0 aromatic carbocycles. The number of likely N-dealkylation sites (tertiary alicyclic amines) is 1. The lowest BCUT2D eigenvalue weighted by molar-refractivity contribution is 0.0780. The number of piperidine rings is 1. The summed E-state index contributed by atoms with van der Waals surface area (Å²) in [5.74, 6) is 0.798. The minimum atomic E-state index is 0.0679. The normalized spacial score (nSPS) is 28.9. The van der Waals surface area contributed by atoms with Crippen LogP contribution >= 0.6 is 0 Å². The van der Waals surface area contributed by atoms with Gasteiger partial charge in [0.1, 0.15) is 0 Å². The highest BCUT2D eigenvalue weighted by Crippen LogP contribution is 2.41. The summed E-state index contributed by atoms with van der Waals surface area (Å²) in [6.07, 6.45) is 8.16. The van der Waals surface area contributed by atoms with Crippen LogP contribution in [0, 0.1) is 11.3 Å². The standard InChI is InChI=1S/C15H30N2/c1-4-15(5-2)8-10-17(11-9-15)12-14(3,16)13-6-7-13/h13H,4-12,16H2,1-3H3. The Morgan fingerprint density at radius 2 is 1.71 bits per heavy atom. The van der Waals surface area contributed by atoms with E-state index in [2.05, 4.69) is 25.7 Å². The van der Waals surface area contributed by atoms with Gasteiger partial charge in [-0.25, -0.2) is 0 Å². The van der Waals surface area contributed by atoms with Crippen LogP contribution < -0.4 is 5.73 Å². The molecule has 2 fully saturated rings. The van der Waals surface area contributed by atoms with Gasteiger partial charge in [0, 0.05) is 12.1 Å². The van der Waals surface area contributed by atoms with Crippen LogP contribution in [0.4, 0.5) is 0 Å². The minimum absolute atomic E-state index is 0.0679. The number of nitrogens with zero attached hydrogens (tertiary/aromatic N) is 1. The van der Waals surface area contributed by atoms with Gasteiger partial charge in [0.25, 0.3) is 0 Å². The van der Waals surface area contributed by atoms with Crippen molar-refractivity contribution in [2.45, 2.75) is 64.8 Å². The molecule has 1 heterocycles. The van der Waals surface area contributed by atoms with Crippen LogP contribution in [-0.2, 0) is 0 Å². The molecule has 0 bridgehead atoms. The third kappa shape index (κ3) is 3.03. The van der Waals surface area contributed by atoms with Gasteiger partial charge in [-0.2, -0.15) is 0 Å². The molecule has 100 valence electrons. The Bertz CT molecular complexity index is 242. The van der Waals surface area contributed by atoms with Crippen molar-refractivity contribution in [3.05, 3.63) is 0 Å². The Kier molecular flexibility index (Phi) is 3.84. The lowest BCUT2D eigenvalue weighted by atomic mass is 9.74. The number of nitrogens with two attached hydrogens (primary N) is 1. The van der Waals surface area contributed by atoms with Crippen LogP contribution in [0.3, 0.4) is 0 Å². The molecular weight excluding hydrogens is 208 g/mol. The van der Waals surface area contributed by atoms with E-state index < -0.39 is 0 Å². The van der Waals surface area contributed by atoms with Gasteiger partial charge in [-0.1, -0.05) is 26.7 Å². The molecular formula is C15H30N2. The van der Waals surface area contributed by atoms with Gasteiger partial charge >= 0.3 is 0 Å². The van der Waals surface area contributed by atoms with Crippen LogP contribution in [0.1, 0.15) is 59.3 Å². The Morgan fingerprint density at radius 3 is 2.12 bits per heavy atom. The molecule has 2 nitrogen and oxygen atoms in total. The highest BCUT2D eigenvalue weighted by molar-refractivity contribution is 4.98. The predicted molar refractivity (Wildman–Crippen MR) is 74.0 cm³/mol. The molecule has 1 unspecified atom stereocenters. The third-order valence-corrected chi connectivity index (χ3v) is 5.49. The second kappa shape index (κ2) is 4.89. The molecule has 1 aliphatic carbocycles. The van der Waals surface area contributed by atoms with Crippen LogP contribution in [0.15, 0.2) is 0 Å². The van der Waals surface area contributed by atoms with E-state index in [-0.39, 0.29) is 5.54 Å². The highest BCUT2D eigenvalue weighted by atomic mass is 15.2. The summed E-state index contributed by atoms with van der Waals surface area (Å²) in [4.78, 5) is 2.61. The molecule has 1 saturated heterocycles. The SMILES string of the molecule is CCC1(CC)CCN(CC(C)(N)C2CC2)CC1. The zero-order chi connectivity index (χ0) is 12.5. The number of hydrogen-bond donors (Lipinski definition) is 1. The van der Waals surface area contributed by atoms with Crippen LogP contribution in [-0.4, -0.2) is 30.1 Å². The van der Waals surface area contributed by atoms with E-state index >= 15 is 0 Å². The molecule has 2 heteroatoms. The van der Waals surface area contributed by atoms with Crippen LogP contribution in [0.2, 0.25) is 0 Å². The quantitative estimate of drug-likeness (QED) is 0.798. The lowest BCUT2D eigenvalue weighted by Crippen LogP contribution is -2.52. The smallest absolute Gasteiger partial charge is 0.0283 e. The van der Waals surface area contributed by atoms with Gasteiger partial charge in [-0.05, 0) is 57.0 Å². The van der Waals surface area contributed by atoms with E-state index in [9.17, 15) is 0 Å². The van der Waals surface area contributed by atoms with E-state index in [4.69, 9.17) is 5.73 Å². The lowest BCUT2D eigenvalue weighted by Gasteiger charge is -2.43.